The Morgan fingerprint density at radius 1 is 1.17 bits per heavy atom. The molecule has 0 atom stereocenters. The SMILES string of the molecule is CC(C)(C)NC(=O)c1nc(C(=O)N2CCCC2)c2ccccn12. The number of nitrogens with one attached hydrogen (secondary N) is 1. The van der Waals surface area contributed by atoms with Gasteiger partial charge in [-0.3, -0.25) is 14.0 Å². The highest BCUT2D eigenvalue weighted by molar-refractivity contribution is 6.02. The maximum absolute atomic E-state index is 12.7. The molecule has 0 bridgehead atoms. The van der Waals surface area contributed by atoms with Gasteiger partial charge in [0.25, 0.3) is 11.8 Å². The number of amides is 2. The minimum atomic E-state index is -0.364. The number of imidazole rings is 1. The summed E-state index contributed by atoms with van der Waals surface area (Å²) in [4.78, 5) is 31.4. The molecule has 6 heteroatoms. The first kappa shape index (κ1) is 15.5. The summed E-state index contributed by atoms with van der Waals surface area (Å²) in [6.45, 7) is 7.26. The lowest BCUT2D eigenvalue weighted by molar-refractivity contribution is 0.0789. The summed E-state index contributed by atoms with van der Waals surface area (Å²) < 4.78 is 1.68. The van der Waals surface area contributed by atoms with Crippen molar-refractivity contribution >= 4 is 17.3 Å². The van der Waals surface area contributed by atoms with E-state index in [2.05, 4.69) is 10.3 Å². The second-order valence-electron chi connectivity index (χ2n) is 6.94. The van der Waals surface area contributed by atoms with E-state index in [0.29, 0.717) is 11.2 Å². The quantitative estimate of drug-likeness (QED) is 0.923. The molecule has 122 valence electrons. The lowest BCUT2D eigenvalue weighted by atomic mass is 10.1. The Balaban J connectivity index is 2.03. The molecule has 23 heavy (non-hydrogen) atoms. The molecule has 3 heterocycles. The van der Waals surface area contributed by atoms with Crippen molar-refractivity contribution < 1.29 is 9.59 Å². The molecular weight excluding hydrogens is 292 g/mol. The van der Waals surface area contributed by atoms with E-state index < -0.39 is 0 Å². The molecule has 1 saturated heterocycles. The standard InChI is InChI=1S/C17H22N4O2/c1-17(2,3)19-15(22)14-18-13(12-8-4-5-11-21(12)14)16(23)20-9-6-7-10-20/h4-5,8,11H,6-7,9-10H2,1-3H3,(H,19,22). The van der Waals surface area contributed by atoms with Crippen molar-refractivity contribution in [3.8, 4) is 0 Å². The molecule has 1 fully saturated rings. The number of aromatic nitrogens is 2. The van der Waals surface area contributed by atoms with Crippen molar-refractivity contribution in [3.63, 3.8) is 0 Å². The molecule has 1 aliphatic rings. The Morgan fingerprint density at radius 2 is 1.87 bits per heavy atom. The Kier molecular flexibility index (Phi) is 3.83. The molecule has 2 aromatic heterocycles. The van der Waals surface area contributed by atoms with E-state index >= 15 is 0 Å². The van der Waals surface area contributed by atoms with Gasteiger partial charge < -0.3 is 10.2 Å². The third kappa shape index (κ3) is 3.06. The first-order valence-electron chi connectivity index (χ1n) is 7.96. The summed E-state index contributed by atoms with van der Waals surface area (Å²) >= 11 is 0. The van der Waals surface area contributed by atoms with Gasteiger partial charge in [0.2, 0.25) is 5.82 Å². The molecule has 3 rings (SSSR count). The largest absolute Gasteiger partial charge is 0.345 e. The van der Waals surface area contributed by atoms with Crippen LogP contribution in [0.5, 0.6) is 0 Å². The van der Waals surface area contributed by atoms with E-state index in [9.17, 15) is 9.59 Å². The summed E-state index contributed by atoms with van der Waals surface area (Å²) in [6.07, 6.45) is 3.81. The first-order valence-corrected chi connectivity index (χ1v) is 7.96. The Labute approximate surface area is 135 Å². The molecule has 1 N–H and O–H groups in total. The molecule has 0 radical (unpaired) electrons. The number of nitrogens with zero attached hydrogens (tertiary/aromatic N) is 3. The molecule has 2 aromatic rings. The summed E-state index contributed by atoms with van der Waals surface area (Å²) in [6, 6.07) is 5.50. The van der Waals surface area contributed by atoms with Crippen molar-refractivity contribution in [2.75, 3.05) is 13.1 Å². The fraction of sp³-hybridized carbons (Fsp3) is 0.471. The number of likely N-dealkylation sites (tertiary alicyclic amines) is 1. The maximum atomic E-state index is 12.7. The molecule has 0 saturated carbocycles. The van der Waals surface area contributed by atoms with Crippen molar-refractivity contribution in [2.24, 2.45) is 0 Å². The van der Waals surface area contributed by atoms with Gasteiger partial charge in [-0.05, 0) is 45.7 Å². The molecule has 0 unspecified atom stereocenters. The predicted molar refractivity (Wildman–Crippen MR) is 87.5 cm³/mol. The fourth-order valence-electron chi connectivity index (χ4n) is 2.82. The second kappa shape index (κ2) is 5.68. The molecule has 2 amide bonds. The van der Waals surface area contributed by atoms with Crippen LogP contribution in [0.25, 0.3) is 5.52 Å². The number of fused-ring (bicyclic) bond motifs is 1. The van der Waals surface area contributed by atoms with Gasteiger partial charge in [0.1, 0.15) is 0 Å². The zero-order chi connectivity index (χ0) is 16.6. The predicted octanol–water partition coefficient (Wildman–Crippen LogP) is 2.10. The molecule has 0 aromatic carbocycles. The van der Waals surface area contributed by atoms with Crippen LogP contribution >= 0.6 is 0 Å². The van der Waals surface area contributed by atoms with Gasteiger partial charge in [0, 0.05) is 24.8 Å². The second-order valence-corrected chi connectivity index (χ2v) is 6.94. The normalized spacial score (nSPS) is 15.2. The van der Waals surface area contributed by atoms with Crippen LogP contribution in [-0.2, 0) is 0 Å². The topological polar surface area (TPSA) is 66.7 Å². The van der Waals surface area contributed by atoms with Crippen molar-refractivity contribution in [2.45, 2.75) is 39.2 Å². The summed E-state index contributed by atoms with van der Waals surface area (Å²) in [7, 11) is 0. The van der Waals surface area contributed by atoms with Crippen LogP contribution in [0.2, 0.25) is 0 Å². The Morgan fingerprint density at radius 3 is 2.52 bits per heavy atom. The van der Waals surface area contributed by atoms with Crippen LogP contribution < -0.4 is 5.32 Å². The molecule has 0 aliphatic carbocycles. The highest BCUT2D eigenvalue weighted by Gasteiger charge is 2.27. The Hall–Kier alpha value is -2.37. The highest BCUT2D eigenvalue weighted by atomic mass is 16.2. The number of hydrogen-bond donors (Lipinski definition) is 1. The summed E-state index contributed by atoms with van der Waals surface area (Å²) in [5, 5.41) is 2.90. The number of pyridine rings is 1. The van der Waals surface area contributed by atoms with Crippen LogP contribution in [0.1, 0.15) is 54.7 Å². The van der Waals surface area contributed by atoms with E-state index in [0.717, 1.165) is 25.9 Å². The van der Waals surface area contributed by atoms with E-state index in [-0.39, 0.29) is 23.2 Å². The van der Waals surface area contributed by atoms with Crippen LogP contribution in [-0.4, -0.2) is 44.7 Å². The number of rotatable bonds is 2. The van der Waals surface area contributed by atoms with Gasteiger partial charge in [-0.2, -0.15) is 0 Å². The molecule has 6 nitrogen and oxygen atoms in total. The van der Waals surface area contributed by atoms with Crippen LogP contribution in [0.4, 0.5) is 0 Å². The summed E-state index contributed by atoms with van der Waals surface area (Å²) in [5.74, 6) is -0.127. The number of carbonyl (C=O) groups is 2. The van der Waals surface area contributed by atoms with Gasteiger partial charge in [-0.25, -0.2) is 4.98 Å². The van der Waals surface area contributed by atoms with Gasteiger partial charge in [-0.1, -0.05) is 6.07 Å². The minimum absolute atomic E-state index is 0.0963. The third-order valence-electron chi connectivity index (χ3n) is 3.84. The average molecular weight is 314 g/mol. The average Bonchev–Trinajstić information content (AvgIpc) is 3.13. The third-order valence-corrected chi connectivity index (χ3v) is 3.84. The molecular formula is C17H22N4O2. The Bertz CT molecular complexity index is 752. The maximum Gasteiger partial charge on any atom is 0.288 e. The number of carbonyl (C=O) groups excluding carboxylic acids is 2. The first-order chi connectivity index (χ1) is 10.9. The monoisotopic (exact) mass is 314 g/mol. The zero-order valence-corrected chi connectivity index (χ0v) is 13.8. The fourth-order valence-corrected chi connectivity index (χ4v) is 2.82. The number of hydrogen-bond acceptors (Lipinski definition) is 3. The lowest BCUT2D eigenvalue weighted by Crippen LogP contribution is -2.41. The van der Waals surface area contributed by atoms with Crippen molar-refractivity contribution in [3.05, 3.63) is 35.9 Å². The molecule has 0 spiro atoms. The zero-order valence-electron chi connectivity index (χ0n) is 13.8. The minimum Gasteiger partial charge on any atom is -0.345 e. The highest BCUT2D eigenvalue weighted by Crippen LogP contribution is 2.18. The van der Waals surface area contributed by atoms with E-state index in [1.54, 1.807) is 15.5 Å². The van der Waals surface area contributed by atoms with Crippen molar-refractivity contribution in [1.82, 2.24) is 19.6 Å². The van der Waals surface area contributed by atoms with Crippen LogP contribution in [0, 0.1) is 0 Å². The van der Waals surface area contributed by atoms with E-state index in [1.807, 2.05) is 39.0 Å². The van der Waals surface area contributed by atoms with Gasteiger partial charge in [-0.15, -0.1) is 0 Å². The van der Waals surface area contributed by atoms with Gasteiger partial charge >= 0.3 is 0 Å². The van der Waals surface area contributed by atoms with E-state index in [1.165, 1.54) is 0 Å². The van der Waals surface area contributed by atoms with Gasteiger partial charge in [0.15, 0.2) is 5.69 Å². The lowest BCUT2D eigenvalue weighted by Gasteiger charge is -2.19. The van der Waals surface area contributed by atoms with Crippen molar-refractivity contribution in [1.29, 1.82) is 0 Å². The summed E-state index contributed by atoms with van der Waals surface area (Å²) in [5.41, 5.74) is 0.659. The van der Waals surface area contributed by atoms with Gasteiger partial charge in [0.05, 0.1) is 5.52 Å². The van der Waals surface area contributed by atoms with E-state index in [4.69, 9.17) is 0 Å². The van der Waals surface area contributed by atoms with Crippen LogP contribution in [0.15, 0.2) is 24.4 Å². The molecule has 1 aliphatic heterocycles. The smallest absolute Gasteiger partial charge is 0.288 e. The van der Waals surface area contributed by atoms with Crippen LogP contribution in [0.3, 0.4) is 0 Å².